The molecule has 158 valence electrons. The van der Waals surface area contributed by atoms with Gasteiger partial charge in [0.2, 0.25) is 0 Å². The number of para-hydroxylation sites is 1. The summed E-state index contributed by atoms with van der Waals surface area (Å²) in [4.78, 5) is 28.7. The number of anilines is 1. The lowest BCUT2D eigenvalue weighted by Crippen LogP contribution is -2.55. The lowest BCUT2D eigenvalue weighted by atomic mass is 10.0. The summed E-state index contributed by atoms with van der Waals surface area (Å²) in [6.07, 6.45) is 1.40. The van der Waals surface area contributed by atoms with Crippen molar-refractivity contribution in [3.8, 4) is 5.75 Å². The molecule has 1 spiro atoms. The molecule has 2 aliphatic rings. The fourth-order valence-electron chi connectivity index (χ4n) is 3.94. The molecule has 2 fully saturated rings. The zero-order valence-electron chi connectivity index (χ0n) is 16.6. The number of hydrogen-bond acceptors (Lipinski definition) is 4. The summed E-state index contributed by atoms with van der Waals surface area (Å²) in [7, 11) is 0. The number of nitrogens with zero attached hydrogens (tertiary/aromatic N) is 2. The van der Waals surface area contributed by atoms with E-state index in [-0.39, 0.29) is 29.2 Å². The van der Waals surface area contributed by atoms with E-state index in [1.54, 1.807) is 28.8 Å². The first-order valence-electron chi connectivity index (χ1n) is 10.00. The van der Waals surface area contributed by atoms with Gasteiger partial charge in [0.25, 0.3) is 5.91 Å². The van der Waals surface area contributed by atoms with Crippen molar-refractivity contribution in [2.45, 2.75) is 17.7 Å². The van der Waals surface area contributed by atoms with E-state index in [2.05, 4.69) is 5.32 Å². The molecular formula is C22H24FN3O3S. The fraction of sp³-hybridized carbons (Fsp3) is 0.364. The van der Waals surface area contributed by atoms with E-state index in [1.807, 2.05) is 35.2 Å². The second kappa shape index (κ2) is 8.95. The Morgan fingerprint density at radius 2 is 1.83 bits per heavy atom. The molecule has 2 aromatic rings. The molecule has 0 atom stereocenters. The number of amides is 3. The molecule has 2 aliphatic heterocycles. The molecule has 0 saturated carbocycles. The Labute approximate surface area is 179 Å². The van der Waals surface area contributed by atoms with Crippen LogP contribution < -0.4 is 10.1 Å². The third-order valence-electron chi connectivity index (χ3n) is 5.49. The summed E-state index contributed by atoms with van der Waals surface area (Å²) in [6, 6.07) is 14.9. The number of benzene rings is 2. The Kier molecular flexibility index (Phi) is 6.13. The van der Waals surface area contributed by atoms with Gasteiger partial charge in [-0.25, -0.2) is 9.18 Å². The Hall–Kier alpha value is -2.74. The van der Waals surface area contributed by atoms with Crippen molar-refractivity contribution >= 4 is 29.4 Å². The molecule has 2 heterocycles. The van der Waals surface area contributed by atoms with Crippen LogP contribution in [-0.4, -0.2) is 58.6 Å². The van der Waals surface area contributed by atoms with E-state index in [0.29, 0.717) is 43.9 Å². The van der Waals surface area contributed by atoms with Crippen molar-refractivity contribution < 1.29 is 18.7 Å². The van der Waals surface area contributed by atoms with Crippen LogP contribution in [0.15, 0.2) is 54.6 Å². The molecule has 2 saturated heterocycles. The molecule has 1 N–H and O–H groups in total. The minimum atomic E-state index is -0.389. The van der Waals surface area contributed by atoms with E-state index in [9.17, 15) is 14.0 Å². The first-order valence-corrected chi connectivity index (χ1v) is 11.0. The van der Waals surface area contributed by atoms with Gasteiger partial charge in [-0.15, -0.1) is 11.8 Å². The summed E-state index contributed by atoms with van der Waals surface area (Å²) in [5.74, 6) is 1.14. The highest BCUT2D eigenvalue weighted by molar-refractivity contribution is 8.00. The number of nitrogens with one attached hydrogen (secondary N) is 1. The van der Waals surface area contributed by atoms with Crippen molar-refractivity contribution in [1.82, 2.24) is 9.80 Å². The minimum Gasteiger partial charge on any atom is -0.484 e. The highest BCUT2D eigenvalue weighted by atomic mass is 32.2. The largest absolute Gasteiger partial charge is 0.484 e. The number of halogens is 1. The zero-order chi connectivity index (χ0) is 21.0. The highest BCUT2D eigenvalue weighted by Crippen LogP contribution is 2.44. The molecular weight excluding hydrogens is 405 g/mol. The number of carbonyl (C=O) groups is 2. The SMILES string of the molecule is O=C(Nc1cccc(F)c1)N1CCC2(CC1)SCCN2C(=O)COc1ccccc1. The van der Waals surface area contributed by atoms with E-state index >= 15 is 0 Å². The van der Waals surface area contributed by atoms with Crippen LogP contribution in [0.3, 0.4) is 0 Å². The van der Waals surface area contributed by atoms with E-state index in [0.717, 1.165) is 5.75 Å². The first-order chi connectivity index (χ1) is 14.6. The van der Waals surface area contributed by atoms with Gasteiger partial charge in [-0.2, -0.15) is 0 Å². The maximum Gasteiger partial charge on any atom is 0.321 e. The first kappa shape index (κ1) is 20.5. The topological polar surface area (TPSA) is 61.9 Å². The molecule has 4 rings (SSSR count). The van der Waals surface area contributed by atoms with Gasteiger partial charge in [0, 0.05) is 31.1 Å². The summed E-state index contributed by atoms with van der Waals surface area (Å²) in [6.45, 7) is 1.78. The smallest absolute Gasteiger partial charge is 0.321 e. The number of carbonyl (C=O) groups excluding carboxylic acids is 2. The van der Waals surface area contributed by atoms with Gasteiger partial charge in [-0.05, 0) is 43.2 Å². The lowest BCUT2D eigenvalue weighted by molar-refractivity contribution is -0.136. The summed E-state index contributed by atoms with van der Waals surface area (Å²) in [5, 5.41) is 2.74. The third-order valence-corrected chi connectivity index (χ3v) is 7.04. The minimum absolute atomic E-state index is 0.0100. The van der Waals surface area contributed by atoms with Crippen molar-refractivity contribution in [3.63, 3.8) is 0 Å². The normalized spacial score (nSPS) is 17.8. The van der Waals surface area contributed by atoms with Gasteiger partial charge in [0.05, 0.1) is 4.87 Å². The number of piperidine rings is 1. The Morgan fingerprint density at radius 1 is 1.07 bits per heavy atom. The Bertz CT molecular complexity index is 904. The lowest BCUT2D eigenvalue weighted by Gasteiger charge is -2.43. The number of ether oxygens (including phenoxy) is 1. The molecule has 2 aromatic carbocycles. The van der Waals surface area contributed by atoms with Crippen molar-refractivity contribution in [1.29, 1.82) is 0 Å². The number of rotatable bonds is 4. The molecule has 30 heavy (non-hydrogen) atoms. The maximum atomic E-state index is 13.3. The third kappa shape index (κ3) is 4.53. The molecule has 0 unspecified atom stereocenters. The predicted octanol–water partition coefficient (Wildman–Crippen LogP) is 3.80. The molecule has 0 aromatic heterocycles. The molecule has 6 nitrogen and oxygen atoms in total. The average molecular weight is 430 g/mol. The van der Waals surface area contributed by atoms with Gasteiger partial charge in [0.15, 0.2) is 6.61 Å². The van der Waals surface area contributed by atoms with Gasteiger partial charge in [-0.1, -0.05) is 24.3 Å². The monoisotopic (exact) mass is 429 g/mol. The van der Waals surface area contributed by atoms with Gasteiger partial charge in [0.1, 0.15) is 11.6 Å². The van der Waals surface area contributed by atoms with Crippen LogP contribution in [0.5, 0.6) is 5.75 Å². The maximum absolute atomic E-state index is 13.3. The number of likely N-dealkylation sites (tertiary alicyclic amines) is 1. The molecule has 3 amide bonds. The number of hydrogen-bond donors (Lipinski definition) is 1. The fourth-order valence-corrected chi connectivity index (χ4v) is 5.42. The van der Waals surface area contributed by atoms with E-state index in [4.69, 9.17) is 4.74 Å². The number of urea groups is 1. The predicted molar refractivity (Wildman–Crippen MR) is 115 cm³/mol. The van der Waals surface area contributed by atoms with Crippen LogP contribution in [0.4, 0.5) is 14.9 Å². The van der Waals surface area contributed by atoms with Gasteiger partial charge >= 0.3 is 6.03 Å². The van der Waals surface area contributed by atoms with Crippen LogP contribution >= 0.6 is 11.8 Å². The summed E-state index contributed by atoms with van der Waals surface area (Å²) in [5.41, 5.74) is 0.436. The Morgan fingerprint density at radius 3 is 2.57 bits per heavy atom. The molecule has 8 heteroatoms. The quantitative estimate of drug-likeness (QED) is 0.803. The van der Waals surface area contributed by atoms with Crippen molar-refractivity contribution in [2.75, 3.05) is 37.3 Å². The van der Waals surface area contributed by atoms with Crippen LogP contribution in [0.2, 0.25) is 0 Å². The van der Waals surface area contributed by atoms with E-state index < -0.39 is 0 Å². The van der Waals surface area contributed by atoms with Crippen molar-refractivity contribution in [3.05, 3.63) is 60.4 Å². The van der Waals surface area contributed by atoms with Gasteiger partial charge < -0.3 is 19.9 Å². The Balaban J connectivity index is 1.33. The van der Waals surface area contributed by atoms with Crippen molar-refractivity contribution in [2.24, 2.45) is 0 Å². The summed E-state index contributed by atoms with van der Waals surface area (Å²) >= 11 is 1.79. The van der Waals surface area contributed by atoms with E-state index in [1.165, 1.54) is 12.1 Å². The van der Waals surface area contributed by atoms with Crippen LogP contribution in [0.25, 0.3) is 0 Å². The number of thioether (sulfide) groups is 1. The van der Waals surface area contributed by atoms with Crippen LogP contribution in [0, 0.1) is 5.82 Å². The van der Waals surface area contributed by atoms with Gasteiger partial charge in [-0.3, -0.25) is 4.79 Å². The highest BCUT2D eigenvalue weighted by Gasteiger charge is 2.46. The van der Waals surface area contributed by atoms with Crippen LogP contribution in [-0.2, 0) is 4.79 Å². The second-order valence-electron chi connectivity index (χ2n) is 7.37. The molecule has 0 bridgehead atoms. The summed E-state index contributed by atoms with van der Waals surface area (Å²) < 4.78 is 19.0. The zero-order valence-corrected chi connectivity index (χ0v) is 17.4. The molecule has 0 aliphatic carbocycles. The molecule has 0 radical (unpaired) electrons. The average Bonchev–Trinajstić information content (AvgIpc) is 3.16. The van der Waals surface area contributed by atoms with Crippen LogP contribution in [0.1, 0.15) is 12.8 Å². The second-order valence-corrected chi connectivity index (χ2v) is 8.83. The standard InChI is InChI=1S/C22H24FN3O3S/c23-17-5-4-6-18(15-17)24-21(28)25-11-9-22(10-12-25)26(13-14-30-22)20(27)16-29-19-7-2-1-3-8-19/h1-8,15H,9-14,16H2,(H,24,28).